The molecule has 0 spiro atoms. The van der Waals surface area contributed by atoms with Gasteiger partial charge in [0.1, 0.15) is 11.6 Å². The van der Waals surface area contributed by atoms with Crippen LogP contribution < -0.4 is 15.0 Å². The molecule has 3 heterocycles. The van der Waals surface area contributed by atoms with E-state index in [2.05, 4.69) is 22.3 Å². The molecular formula is C25H29FN2O2S. The monoisotopic (exact) mass is 440 g/mol. The fourth-order valence-electron chi connectivity index (χ4n) is 5.75. The summed E-state index contributed by atoms with van der Waals surface area (Å²) in [7, 11) is 1.75. The summed E-state index contributed by atoms with van der Waals surface area (Å²) in [5.74, 6) is 2.27. The molecule has 5 rings (SSSR count). The van der Waals surface area contributed by atoms with Gasteiger partial charge in [-0.25, -0.2) is 4.39 Å². The number of ketones is 1. The number of carbonyl (C=O) groups is 1. The molecule has 2 unspecified atom stereocenters. The number of ether oxygens (including phenoxy) is 1. The van der Waals surface area contributed by atoms with Gasteiger partial charge >= 0.3 is 0 Å². The van der Waals surface area contributed by atoms with Gasteiger partial charge in [0.25, 0.3) is 0 Å². The van der Waals surface area contributed by atoms with Crippen LogP contribution in [-0.2, 0) is 0 Å². The fraction of sp³-hybridized carbons (Fsp3) is 0.480. The number of Topliss-reactive ketones (excluding diaryl/α,β-unsaturated/α-hetero) is 1. The molecule has 1 fully saturated rings. The van der Waals surface area contributed by atoms with Crippen LogP contribution in [0.25, 0.3) is 0 Å². The molecule has 2 atom stereocenters. The number of piperidine rings is 1. The second kappa shape index (κ2) is 8.47. The van der Waals surface area contributed by atoms with Crippen LogP contribution in [0.1, 0.15) is 53.9 Å². The molecule has 3 aliphatic heterocycles. The third kappa shape index (κ3) is 3.64. The minimum Gasteiger partial charge on any atom is -0.497 e. The molecule has 2 aromatic rings. The SMILES string of the molecule is COc1cc2c3c(c1)C1CNCCC1(CCCC(=O)c1ccc(F)cc1)N3CCCS2. The summed E-state index contributed by atoms with van der Waals surface area (Å²) >= 11 is 1.94. The van der Waals surface area contributed by atoms with Crippen LogP contribution in [0.15, 0.2) is 41.3 Å². The summed E-state index contributed by atoms with van der Waals surface area (Å²) in [5, 5.41) is 3.61. The lowest BCUT2D eigenvalue weighted by Gasteiger charge is -2.47. The molecule has 0 radical (unpaired) electrons. The predicted molar refractivity (Wildman–Crippen MR) is 123 cm³/mol. The third-order valence-corrected chi connectivity index (χ3v) is 8.31. The number of thioether (sulfide) groups is 1. The fourth-order valence-corrected chi connectivity index (χ4v) is 6.81. The van der Waals surface area contributed by atoms with Crippen molar-refractivity contribution in [3.8, 4) is 5.75 Å². The first-order chi connectivity index (χ1) is 15.1. The van der Waals surface area contributed by atoms with E-state index in [1.165, 1.54) is 28.3 Å². The molecule has 1 saturated heterocycles. The highest BCUT2D eigenvalue weighted by atomic mass is 32.2. The van der Waals surface area contributed by atoms with Gasteiger partial charge in [0.05, 0.1) is 12.8 Å². The number of benzene rings is 2. The average molecular weight is 441 g/mol. The molecule has 4 nitrogen and oxygen atoms in total. The predicted octanol–water partition coefficient (Wildman–Crippen LogP) is 5.02. The maximum Gasteiger partial charge on any atom is 0.162 e. The lowest BCUT2D eigenvalue weighted by atomic mass is 9.73. The zero-order chi connectivity index (χ0) is 21.4. The Morgan fingerprint density at radius 1 is 1.32 bits per heavy atom. The van der Waals surface area contributed by atoms with E-state index in [4.69, 9.17) is 4.74 Å². The van der Waals surface area contributed by atoms with Gasteiger partial charge in [-0.05, 0) is 79.9 Å². The van der Waals surface area contributed by atoms with Crippen LogP contribution in [0.3, 0.4) is 0 Å². The Labute approximate surface area is 187 Å². The van der Waals surface area contributed by atoms with Crippen molar-refractivity contribution in [1.29, 1.82) is 0 Å². The van der Waals surface area contributed by atoms with Gasteiger partial charge in [0.15, 0.2) is 5.78 Å². The highest BCUT2D eigenvalue weighted by Gasteiger charge is 2.53. The summed E-state index contributed by atoms with van der Waals surface area (Å²) in [5.41, 5.74) is 3.47. The normalized spacial score (nSPS) is 24.3. The zero-order valence-electron chi connectivity index (χ0n) is 18.0. The van der Waals surface area contributed by atoms with Gasteiger partial charge in [-0.2, -0.15) is 0 Å². The summed E-state index contributed by atoms with van der Waals surface area (Å²) in [6.07, 6.45) is 4.59. The molecule has 1 N–H and O–H groups in total. The van der Waals surface area contributed by atoms with E-state index in [1.54, 1.807) is 19.2 Å². The molecule has 31 heavy (non-hydrogen) atoms. The Morgan fingerprint density at radius 3 is 2.97 bits per heavy atom. The van der Waals surface area contributed by atoms with Crippen molar-refractivity contribution in [2.45, 2.75) is 48.5 Å². The van der Waals surface area contributed by atoms with Crippen LogP contribution in [0, 0.1) is 5.82 Å². The van der Waals surface area contributed by atoms with Crippen LogP contribution in [0.4, 0.5) is 10.1 Å². The van der Waals surface area contributed by atoms with Crippen molar-refractivity contribution in [3.63, 3.8) is 0 Å². The van der Waals surface area contributed by atoms with Gasteiger partial charge in [-0.1, -0.05) is 0 Å². The maximum atomic E-state index is 13.2. The van der Waals surface area contributed by atoms with E-state index in [1.807, 2.05) is 11.8 Å². The van der Waals surface area contributed by atoms with E-state index in [0.717, 1.165) is 56.8 Å². The second-order valence-corrected chi connectivity index (χ2v) is 9.95. The topological polar surface area (TPSA) is 41.6 Å². The number of hydrogen-bond donors (Lipinski definition) is 1. The Balaban J connectivity index is 1.42. The first kappa shape index (κ1) is 20.8. The molecule has 3 aliphatic rings. The van der Waals surface area contributed by atoms with Crippen LogP contribution in [0.2, 0.25) is 0 Å². The molecule has 0 aliphatic carbocycles. The zero-order valence-corrected chi connectivity index (χ0v) is 18.8. The smallest absolute Gasteiger partial charge is 0.162 e. The minimum absolute atomic E-state index is 0.0582. The Hall–Kier alpha value is -2.05. The molecule has 0 aromatic heterocycles. The standard InChI is InChI=1S/C25H29FN2O2S/c1-30-19-14-20-21-16-27-11-10-25(21,28-12-3-13-31-23(15-19)24(20)28)9-2-4-22(29)17-5-7-18(26)8-6-17/h5-8,14-15,21,27H,2-4,9-13,16H2,1H3. The van der Waals surface area contributed by atoms with Crippen LogP contribution >= 0.6 is 11.8 Å². The average Bonchev–Trinajstić information content (AvgIpc) is 2.90. The molecule has 164 valence electrons. The first-order valence-corrected chi connectivity index (χ1v) is 12.2. The van der Waals surface area contributed by atoms with Crippen molar-refractivity contribution in [2.24, 2.45) is 0 Å². The van der Waals surface area contributed by atoms with Gasteiger partial charge in [-0.15, -0.1) is 11.8 Å². The summed E-state index contributed by atoms with van der Waals surface area (Å²) in [4.78, 5) is 16.7. The number of fused-ring (bicyclic) bond motifs is 3. The van der Waals surface area contributed by atoms with Crippen molar-refractivity contribution in [1.82, 2.24) is 5.32 Å². The lowest BCUT2D eigenvalue weighted by Crippen LogP contribution is -2.56. The van der Waals surface area contributed by atoms with Gasteiger partial charge < -0.3 is 15.0 Å². The lowest BCUT2D eigenvalue weighted by molar-refractivity contribution is 0.0974. The second-order valence-electron chi connectivity index (χ2n) is 8.81. The Kier molecular flexibility index (Phi) is 5.69. The first-order valence-electron chi connectivity index (χ1n) is 11.2. The maximum absolute atomic E-state index is 13.2. The van der Waals surface area contributed by atoms with E-state index < -0.39 is 0 Å². The summed E-state index contributed by atoms with van der Waals surface area (Å²) < 4.78 is 18.8. The van der Waals surface area contributed by atoms with Crippen molar-refractivity contribution in [3.05, 3.63) is 53.3 Å². The largest absolute Gasteiger partial charge is 0.497 e. The number of anilines is 1. The number of carbonyl (C=O) groups excluding carboxylic acids is 1. The molecular weight excluding hydrogens is 411 g/mol. The third-order valence-electron chi connectivity index (χ3n) is 7.19. The van der Waals surface area contributed by atoms with Gasteiger partial charge in [0.2, 0.25) is 0 Å². The Morgan fingerprint density at radius 2 is 2.16 bits per heavy atom. The highest BCUT2D eigenvalue weighted by molar-refractivity contribution is 7.99. The Bertz CT molecular complexity index is 980. The van der Waals surface area contributed by atoms with Gasteiger partial charge in [0, 0.05) is 41.4 Å². The minimum atomic E-state index is -0.304. The number of hydrogen-bond acceptors (Lipinski definition) is 5. The van der Waals surface area contributed by atoms with E-state index in [9.17, 15) is 9.18 Å². The number of rotatable bonds is 6. The van der Waals surface area contributed by atoms with E-state index >= 15 is 0 Å². The van der Waals surface area contributed by atoms with Gasteiger partial charge in [-0.3, -0.25) is 4.79 Å². The number of nitrogens with one attached hydrogen (secondary N) is 1. The molecule has 0 saturated carbocycles. The number of halogens is 1. The van der Waals surface area contributed by atoms with E-state index in [0.29, 0.717) is 17.9 Å². The molecule has 0 amide bonds. The van der Waals surface area contributed by atoms with Crippen LogP contribution in [-0.4, -0.2) is 43.8 Å². The quantitative estimate of drug-likeness (QED) is 0.639. The molecule has 2 aromatic carbocycles. The van der Waals surface area contributed by atoms with Crippen molar-refractivity contribution >= 4 is 23.2 Å². The highest BCUT2D eigenvalue weighted by Crippen LogP contribution is 2.57. The number of nitrogens with zero attached hydrogens (tertiary/aromatic N) is 1. The number of methoxy groups -OCH3 is 1. The van der Waals surface area contributed by atoms with Crippen molar-refractivity contribution < 1.29 is 13.9 Å². The van der Waals surface area contributed by atoms with Crippen molar-refractivity contribution in [2.75, 3.05) is 37.4 Å². The summed E-state index contributed by atoms with van der Waals surface area (Å²) in [6, 6.07) is 10.4. The summed E-state index contributed by atoms with van der Waals surface area (Å²) in [6.45, 7) is 3.04. The molecule has 6 heteroatoms. The van der Waals surface area contributed by atoms with E-state index in [-0.39, 0.29) is 17.1 Å². The van der Waals surface area contributed by atoms with Crippen LogP contribution in [0.5, 0.6) is 5.75 Å². The molecule has 0 bridgehead atoms.